The van der Waals surface area contributed by atoms with Crippen LogP contribution in [0.4, 0.5) is 5.69 Å². The lowest BCUT2D eigenvalue weighted by atomic mass is 10.1. The SMILES string of the molecule is Cc1c(C(=O)N(C)c2ccc3ccccc3c2)sc2nc3n(c(=O)c12)CCCCC3. The summed E-state index contributed by atoms with van der Waals surface area (Å²) in [6.07, 6.45) is 4.00. The molecule has 0 aliphatic carbocycles. The van der Waals surface area contributed by atoms with Crippen molar-refractivity contribution in [2.75, 3.05) is 11.9 Å². The van der Waals surface area contributed by atoms with Crippen molar-refractivity contribution in [1.82, 2.24) is 9.55 Å². The minimum atomic E-state index is -0.106. The van der Waals surface area contributed by atoms with E-state index in [1.165, 1.54) is 11.3 Å². The monoisotopic (exact) mass is 417 g/mol. The molecule has 1 amide bonds. The topological polar surface area (TPSA) is 55.2 Å². The summed E-state index contributed by atoms with van der Waals surface area (Å²) in [6.45, 7) is 2.58. The lowest BCUT2D eigenvalue weighted by Gasteiger charge is -2.17. The Morgan fingerprint density at radius 2 is 1.90 bits per heavy atom. The average Bonchev–Trinajstić information content (AvgIpc) is 2.93. The van der Waals surface area contributed by atoms with Gasteiger partial charge >= 0.3 is 0 Å². The van der Waals surface area contributed by atoms with E-state index in [1.54, 1.807) is 11.9 Å². The molecule has 30 heavy (non-hydrogen) atoms. The van der Waals surface area contributed by atoms with E-state index < -0.39 is 0 Å². The van der Waals surface area contributed by atoms with Crippen molar-refractivity contribution in [3.05, 3.63) is 69.1 Å². The highest BCUT2D eigenvalue weighted by Crippen LogP contribution is 2.31. The van der Waals surface area contributed by atoms with E-state index in [4.69, 9.17) is 4.98 Å². The van der Waals surface area contributed by atoms with Crippen molar-refractivity contribution >= 4 is 43.9 Å². The Morgan fingerprint density at radius 3 is 2.73 bits per heavy atom. The molecule has 0 bridgehead atoms. The highest BCUT2D eigenvalue weighted by atomic mass is 32.1. The lowest BCUT2D eigenvalue weighted by Crippen LogP contribution is -2.26. The molecule has 0 atom stereocenters. The number of carbonyl (C=O) groups is 1. The molecule has 3 heterocycles. The van der Waals surface area contributed by atoms with Gasteiger partial charge in [-0.05, 0) is 48.2 Å². The van der Waals surface area contributed by atoms with Crippen LogP contribution in [-0.2, 0) is 13.0 Å². The van der Waals surface area contributed by atoms with Crippen LogP contribution in [0.15, 0.2) is 47.3 Å². The number of thiophene rings is 1. The molecule has 0 N–H and O–H groups in total. The molecule has 2 aromatic carbocycles. The predicted octanol–water partition coefficient (Wildman–Crippen LogP) is 4.92. The van der Waals surface area contributed by atoms with Crippen LogP contribution < -0.4 is 10.5 Å². The third-order valence-corrected chi connectivity index (χ3v) is 7.20. The Labute approximate surface area is 178 Å². The summed E-state index contributed by atoms with van der Waals surface area (Å²) >= 11 is 1.34. The number of anilines is 1. The molecule has 5 rings (SSSR count). The van der Waals surface area contributed by atoms with Crippen LogP contribution in [0.2, 0.25) is 0 Å². The van der Waals surface area contributed by atoms with Crippen molar-refractivity contribution in [3.63, 3.8) is 0 Å². The maximum Gasteiger partial charge on any atom is 0.268 e. The molecule has 1 aliphatic rings. The van der Waals surface area contributed by atoms with Gasteiger partial charge in [-0.3, -0.25) is 14.2 Å². The van der Waals surface area contributed by atoms with Gasteiger partial charge in [0.1, 0.15) is 10.7 Å². The van der Waals surface area contributed by atoms with E-state index in [-0.39, 0.29) is 11.5 Å². The van der Waals surface area contributed by atoms with Crippen molar-refractivity contribution < 1.29 is 4.79 Å². The average molecular weight is 418 g/mol. The number of nitrogens with zero attached hydrogens (tertiary/aromatic N) is 3. The number of hydrogen-bond donors (Lipinski definition) is 0. The Bertz CT molecular complexity index is 1350. The number of hydrogen-bond acceptors (Lipinski definition) is 4. The molecule has 4 aromatic rings. The van der Waals surface area contributed by atoms with E-state index >= 15 is 0 Å². The summed E-state index contributed by atoms with van der Waals surface area (Å²) < 4.78 is 1.82. The molecule has 6 heteroatoms. The Morgan fingerprint density at radius 1 is 1.10 bits per heavy atom. The van der Waals surface area contributed by atoms with Crippen molar-refractivity contribution in [2.45, 2.75) is 39.2 Å². The summed E-state index contributed by atoms with van der Waals surface area (Å²) in [4.78, 5) is 34.2. The van der Waals surface area contributed by atoms with E-state index in [0.717, 1.165) is 53.5 Å². The van der Waals surface area contributed by atoms with Crippen molar-refractivity contribution in [2.24, 2.45) is 0 Å². The van der Waals surface area contributed by atoms with Crippen LogP contribution in [0.5, 0.6) is 0 Å². The second-order valence-corrected chi connectivity index (χ2v) is 8.93. The van der Waals surface area contributed by atoms with E-state index in [2.05, 4.69) is 6.07 Å². The van der Waals surface area contributed by atoms with Gasteiger partial charge in [0.15, 0.2) is 0 Å². The molecule has 5 nitrogen and oxygen atoms in total. The van der Waals surface area contributed by atoms with Crippen molar-refractivity contribution in [1.29, 1.82) is 0 Å². The molecule has 0 unspecified atom stereocenters. The van der Waals surface area contributed by atoms with Gasteiger partial charge in [0.05, 0.1) is 10.3 Å². The summed E-state index contributed by atoms with van der Waals surface area (Å²) in [5, 5.41) is 2.83. The van der Waals surface area contributed by atoms with Crippen molar-refractivity contribution in [3.8, 4) is 0 Å². The van der Waals surface area contributed by atoms with Gasteiger partial charge in [0.25, 0.3) is 11.5 Å². The highest BCUT2D eigenvalue weighted by molar-refractivity contribution is 7.20. The minimum absolute atomic E-state index is 0.00180. The molecule has 0 radical (unpaired) electrons. The second-order valence-electron chi connectivity index (χ2n) is 7.93. The quantitative estimate of drug-likeness (QED) is 0.465. The Hall–Kier alpha value is -2.99. The first-order chi connectivity index (χ1) is 14.5. The largest absolute Gasteiger partial charge is 0.311 e. The molecule has 1 aliphatic heterocycles. The van der Waals surface area contributed by atoms with E-state index in [0.29, 0.717) is 21.6 Å². The lowest BCUT2D eigenvalue weighted by molar-refractivity contribution is 0.0996. The molecule has 0 spiro atoms. The van der Waals surface area contributed by atoms with Crippen LogP contribution in [0.1, 0.15) is 40.3 Å². The number of rotatable bonds is 2. The zero-order chi connectivity index (χ0) is 20.8. The van der Waals surface area contributed by atoms with Gasteiger partial charge in [0.2, 0.25) is 0 Å². The molecule has 0 fully saturated rings. The molecular formula is C24H23N3O2S. The minimum Gasteiger partial charge on any atom is -0.311 e. The van der Waals surface area contributed by atoms with Crippen LogP contribution in [0.3, 0.4) is 0 Å². The third-order valence-electron chi connectivity index (χ3n) is 6.03. The standard InChI is InChI=1S/C24H23N3O2S/c1-15-20-22(25-19-10-4-3-7-13-27(19)23(20)28)30-21(15)24(29)26(2)18-12-11-16-8-5-6-9-17(16)14-18/h5-6,8-9,11-12,14H,3-4,7,10,13H2,1-2H3. The fourth-order valence-electron chi connectivity index (χ4n) is 4.27. The van der Waals surface area contributed by atoms with Gasteiger partial charge in [-0.2, -0.15) is 0 Å². The van der Waals surface area contributed by atoms with E-state index in [9.17, 15) is 9.59 Å². The van der Waals surface area contributed by atoms with Gasteiger partial charge in [0, 0.05) is 25.7 Å². The summed E-state index contributed by atoms with van der Waals surface area (Å²) in [7, 11) is 1.78. The highest BCUT2D eigenvalue weighted by Gasteiger charge is 2.24. The first kappa shape index (κ1) is 19.0. The predicted molar refractivity (Wildman–Crippen MR) is 123 cm³/mol. The van der Waals surface area contributed by atoms with Crippen LogP contribution in [-0.4, -0.2) is 22.5 Å². The normalized spacial score (nSPS) is 13.9. The van der Waals surface area contributed by atoms with Gasteiger partial charge in [-0.1, -0.05) is 36.8 Å². The Balaban J connectivity index is 1.58. The number of amides is 1. The number of aromatic nitrogens is 2. The number of carbonyl (C=O) groups excluding carboxylic acids is 1. The summed E-state index contributed by atoms with van der Waals surface area (Å²) in [5.41, 5.74) is 1.57. The fourth-order valence-corrected chi connectivity index (χ4v) is 5.43. The van der Waals surface area contributed by atoms with E-state index in [1.807, 2.05) is 47.9 Å². The van der Waals surface area contributed by atoms with Gasteiger partial charge in [-0.25, -0.2) is 4.98 Å². The summed E-state index contributed by atoms with van der Waals surface area (Å²) in [5.74, 6) is 0.749. The fraction of sp³-hybridized carbons (Fsp3) is 0.292. The number of aryl methyl sites for hydroxylation is 2. The summed E-state index contributed by atoms with van der Waals surface area (Å²) in [6, 6.07) is 14.1. The zero-order valence-electron chi connectivity index (χ0n) is 17.1. The first-order valence-corrected chi connectivity index (χ1v) is 11.2. The first-order valence-electron chi connectivity index (χ1n) is 10.3. The molecule has 2 aromatic heterocycles. The van der Waals surface area contributed by atoms with Gasteiger partial charge < -0.3 is 4.90 Å². The maximum atomic E-state index is 13.4. The third kappa shape index (κ3) is 3.03. The number of benzene rings is 2. The molecule has 152 valence electrons. The number of fused-ring (bicyclic) bond motifs is 3. The van der Waals surface area contributed by atoms with Crippen LogP contribution in [0.25, 0.3) is 21.0 Å². The van der Waals surface area contributed by atoms with Gasteiger partial charge in [-0.15, -0.1) is 11.3 Å². The Kier molecular flexibility index (Phi) is 4.66. The second kappa shape index (κ2) is 7.36. The molecule has 0 saturated heterocycles. The van der Waals surface area contributed by atoms with Crippen LogP contribution in [0, 0.1) is 6.92 Å². The molecular weight excluding hydrogens is 394 g/mol. The smallest absolute Gasteiger partial charge is 0.268 e. The van der Waals surface area contributed by atoms with Crippen LogP contribution >= 0.6 is 11.3 Å². The maximum absolute atomic E-state index is 13.4. The zero-order valence-corrected chi connectivity index (χ0v) is 18.0. The molecule has 0 saturated carbocycles.